The lowest BCUT2D eigenvalue weighted by atomic mass is 10.0. The molecule has 0 saturated heterocycles. The van der Waals surface area contributed by atoms with E-state index in [4.69, 9.17) is 0 Å². The van der Waals surface area contributed by atoms with Gasteiger partial charge in [-0.25, -0.2) is 4.39 Å². The largest absolute Gasteiger partial charge is 0.342 e. The van der Waals surface area contributed by atoms with Gasteiger partial charge >= 0.3 is 0 Å². The van der Waals surface area contributed by atoms with Crippen LogP contribution in [0.15, 0.2) is 79.0 Å². The molecule has 4 aromatic rings. The van der Waals surface area contributed by atoms with Gasteiger partial charge in [-0.3, -0.25) is 4.79 Å². The quantitative estimate of drug-likeness (QED) is 0.404. The molecule has 1 aromatic heterocycles. The van der Waals surface area contributed by atoms with Gasteiger partial charge in [-0.15, -0.1) is 0 Å². The number of aromatic nitrogens is 1. The topological polar surface area (TPSA) is 25.2 Å². The van der Waals surface area contributed by atoms with E-state index in [2.05, 4.69) is 0 Å². The number of halogens is 1. The van der Waals surface area contributed by atoms with Crippen molar-refractivity contribution >= 4 is 34.1 Å². The van der Waals surface area contributed by atoms with E-state index in [9.17, 15) is 9.18 Å². The summed E-state index contributed by atoms with van der Waals surface area (Å²) in [5.74, 6) is -0.196. The number of hydrogen-bond acceptors (Lipinski definition) is 1. The molecule has 0 bridgehead atoms. The number of hydrogen-bond donors (Lipinski definition) is 0. The molecule has 4 heteroatoms. The molecule has 3 nitrogen and oxygen atoms in total. The first-order chi connectivity index (χ1) is 14.7. The van der Waals surface area contributed by atoms with Gasteiger partial charge in [0.25, 0.3) is 5.91 Å². The molecule has 30 heavy (non-hydrogen) atoms. The molecule has 148 valence electrons. The van der Waals surface area contributed by atoms with E-state index in [0.717, 1.165) is 27.7 Å². The maximum atomic E-state index is 14.2. The number of benzene rings is 3. The number of likely N-dealkylation sites (N-methyl/N-ethyl adjacent to an activating group) is 1. The fraction of sp³-hybridized carbons (Fsp3) is 0.115. The highest BCUT2D eigenvalue weighted by atomic mass is 19.1. The molecule has 1 aliphatic rings. The fourth-order valence-electron chi connectivity index (χ4n) is 4.25. The minimum Gasteiger partial charge on any atom is -0.342 e. The van der Waals surface area contributed by atoms with Gasteiger partial charge in [-0.1, -0.05) is 54.6 Å². The monoisotopic (exact) mass is 396 g/mol. The summed E-state index contributed by atoms with van der Waals surface area (Å²) in [6, 6.07) is 22.8. The summed E-state index contributed by atoms with van der Waals surface area (Å²) in [7, 11) is 0. The Kier molecular flexibility index (Phi) is 4.47. The standard InChI is InChI=1S/C26H21FN2O/c1-2-29-25-14-8-5-11-21(25)22(26(29)30)15-19-17-28(24-13-7-4-10-20(19)24)16-18-9-3-6-12-23(18)27/h3-15,17H,2,16H2,1H3/b22-15+. The number of carbonyl (C=O) groups is 1. The highest BCUT2D eigenvalue weighted by Crippen LogP contribution is 2.38. The minimum absolute atomic E-state index is 0.0182. The third-order valence-electron chi connectivity index (χ3n) is 5.69. The van der Waals surface area contributed by atoms with Gasteiger partial charge in [-0.2, -0.15) is 0 Å². The predicted molar refractivity (Wildman–Crippen MR) is 120 cm³/mol. The average molecular weight is 396 g/mol. The van der Waals surface area contributed by atoms with Gasteiger partial charge in [0, 0.05) is 45.9 Å². The summed E-state index contributed by atoms with van der Waals surface area (Å²) in [5, 5.41) is 1.04. The molecule has 0 aliphatic carbocycles. The van der Waals surface area contributed by atoms with Crippen LogP contribution in [-0.4, -0.2) is 17.0 Å². The third-order valence-corrected chi connectivity index (χ3v) is 5.69. The zero-order valence-corrected chi connectivity index (χ0v) is 16.7. The minimum atomic E-state index is -0.214. The first kappa shape index (κ1) is 18.4. The lowest BCUT2D eigenvalue weighted by molar-refractivity contribution is -0.112. The maximum absolute atomic E-state index is 14.2. The zero-order chi connectivity index (χ0) is 20.7. The van der Waals surface area contributed by atoms with E-state index < -0.39 is 0 Å². The molecular formula is C26H21FN2O. The Labute approximate surface area is 174 Å². The van der Waals surface area contributed by atoms with Crippen LogP contribution in [0.5, 0.6) is 0 Å². The summed E-state index contributed by atoms with van der Waals surface area (Å²) in [6.45, 7) is 3.04. The van der Waals surface area contributed by atoms with Crippen molar-refractivity contribution < 1.29 is 9.18 Å². The first-order valence-electron chi connectivity index (χ1n) is 10.1. The van der Waals surface area contributed by atoms with E-state index >= 15 is 0 Å². The van der Waals surface area contributed by atoms with E-state index in [1.54, 1.807) is 17.0 Å². The van der Waals surface area contributed by atoms with E-state index in [-0.39, 0.29) is 11.7 Å². The van der Waals surface area contributed by atoms with Crippen molar-refractivity contribution in [3.05, 3.63) is 102 Å². The van der Waals surface area contributed by atoms with Gasteiger partial charge in [0.05, 0.1) is 12.2 Å². The third kappa shape index (κ3) is 2.92. The number of amides is 1. The number of para-hydroxylation sites is 2. The molecule has 0 N–H and O–H groups in total. The molecule has 0 saturated carbocycles. The van der Waals surface area contributed by atoms with Gasteiger partial charge in [0.15, 0.2) is 0 Å². The molecule has 0 atom stereocenters. The van der Waals surface area contributed by atoms with Crippen LogP contribution in [0, 0.1) is 5.82 Å². The Hall–Kier alpha value is -3.66. The lowest BCUT2D eigenvalue weighted by Crippen LogP contribution is -2.25. The second kappa shape index (κ2) is 7.30. The van der Waals surface area contributed by atoms with Crippen LogP contribution in [-0.2, 0) is 11.3 Å². The van der Waals surface area contributed by atoms with Crippen molar-refractivity contribution in [1.82, 2.24) is 4.57 Å². The normalized spacial score (nSPS) is 14.7. The molecule has 0 radical (unpaired) electrons. The first-order valence-corrected chi connectivity index (χ1v) is 10.1. The van der Waals surface area contributed by atoms with E-state index in [1.807, 2.05) is 78.4 Å². The summed E-state index contributed by atoms with van der Waals surface area (Å²) >= 11 is 0. The second-order valence-electron chi connectivity index (χ2n) is 7.45. The van der Waals surface area contributed by atoms with Gasteiger partial charge in [0.1, 0.15) is 5.82 Å². The number of carbonyl (C=O) groups excluding carboxylic acids is 1. The molecule has 1 aliphatic heterocycles. The van der Waals surface area contributed by atoms with Gasteiger partial charge in [0.2, 0.25) is 0 Å². The molecule has 0 unspecified atom stereocenters. The number of fused-ring (bicyclic) bond motifs is 2. The van der Waals surface area contributed by atoms with Crippen molar-refractivity contribution in [3.63, 3.8) is 0 Å². The van der Waals surface area contributed by atoms with Crippen LogP contribution in [0.3, 0.4) is 0 Å². The fourth-order valence-corrected chi connectivity index (χ4v) is 4.25. The average Bonchev–Trinajstić information content (AvgIpc) is 3.25. The predicted octanol–water partition coefficient (Wildman–Crippen LogP) is 5.74. The van der Waals surface area contributed by atoms with Crippen LogP contribution >= 0.6 is 0 Å². The maximum Gasteiger partial charge on any atom is 0.258 e. The summed E-state index contributed by atoms with van der Waals surface area (Å²) in [4.78, 5) is 14.9. The van der Waals surface area contributed by atoms with Crippen molar-refractivity contribution in [2.24, 2.45) is 0 Å². The van der Waals surface area contributed by atoms with Crippen molar-refractivity contribution in [1.29, 1.82) is 0 Å². The number of nitrogens with zero attached hydrogens (tertiary/aromatic N) is 2. The van der Waals surface area contributed by atoms with Gasteiger partial charge < -0.3 is 9.47 Å². The number of anilines is 1. The summed E-state index contributed by atoms with van der Waals surface area (Å²) in [5.41, 5.74) is 5.21. The SMILES string of the molecule is CCN1C(=O)/C(=C/c2cn(Cc3ccccc3F)c3ccccc23)c2ccccc21. The zero-order valence-electron chi connectivity index (χ0n) is 16.7. The molecular weight excluding hydrogens is 375 g/mol. The Balaban J connectivity index is 1.64. The Morgan fingerprint density at radius 1 is 0.933 bits per heavy atom. The van der Waals surface area contributed by atoms with Crippen molar-refractivity contribution in [3.8, 4) is 0 Å². The lowest BCUT2D eigenvalue weighted by Gasteiger charge is -2.13. The molecule has 0 fully saturated rings. The smallest absolute Gasteiger partial charge is 0.258 e. The van der Waals surface area contributed by atoms with E-state index in [0.29, 0.717) is 24.2 Å². The summed E-state index contributed by atoms with van der Waals surface area (Å²) in [6.07, 6.45) is 3.98. The molecule has 3 aromatic carbocycles. The van der Waals surface area contributed by atoms with Crippen LogP contribution in [0.4, 0.5) is 10.1 Å². The van der Waals surface area contributed by atoms with Gasteiger partial charge in [-0.05, 0) is 31.2 Å². The number of rotatable bonds is 4. The Bertz CT molecular complexity index is 1300. The molecule has 5 rings (SSSR count). The highest BCUT2D eigenvalue weighted by Gasteiger charge is 2.31. The van der Waals surface area contributed by atoms with Crippen LogP contribution < -0.4 is 4.90 Å². The summed E-state index contributed by atoms with van der Waals surface area (Å²) < 4.78 is 16.3. The highest BCUT2D eigenvalue weighted by molar-refractivity contribution is 6.36. The Morgan fingerprint density at radius 2 is 1.67 bits per heavy atom. The van der Waals surface area contributed by atoms with Crippen LogP contribution in [0.2, 0.25) is 0 Å². The van der Waals surface area contributed by atoms with Crippen LogP contribution in [0.1, 0.15) is 23.6 Å². The molecule has 1 amide bonds. The molecule has 2 heterocycles. The van der Waals surface area contributed by atoms with Crippen LogP contribution in [0.25, 0.3) is 22.6 Å². The second-order valence-corrected chi connectivity index (χ2v) is 7.45. The Morgan fingerprint density at radius 3 is 2.50 bits per heavy atom. The van der Waals surface area contributed by atoms with Crippen molar-refractivity contribution in [2.45, 2.75) is 13.5 Å². The molecule has 0 spiro atoms. The van der Waals surface area contributed by atoms with E-state index in [1.165, 1.54) is 6.07 Å². The van der Waals surface area contributed by atoms with Crippen molar-refractivity contribution in [2.75, 3.05) is 11.4 Å².